The molecule has 0 heterocycles. The van der Waals surface area contributed by atoms with Crippen LogP contribution in [0.1, 0.15) is 65.2 Å². The van der Waals surface area contributed by atoms with Gasteiger partial charge in [0.2, 0.25) is 12.2 Å². The van der Waals surface area contributed by atoms with E-state index in [1.165, 1.54) is 6.42 Å². The predicted octanol–water partition coefficient (Wildman–Crippen LogP) is 3.56. The van der Waals surface area contributed by atoms with Gasteiger partial charge in [-0.3, -0.25) is 0 Å². The van der Waals surface area contributed by atoms with Crippen LogP contribution in [0.2, 0.25) is 0 Å². The topological polar surface area (TPSA) is 58.9 Å². The van der Waals surface area contributed by atoms with Crippen LogP contribution in [-0.4, -0.2) is 23.7 Å². The summed E-state index contributed by atoms with van der Waals surface area (Å²) in [6.45, 7) is 4.14. The third-order valence-electron chi connectivity index (χ3n) is 4.41. The van der Waals surface area contributed by atoms with Gasteiger partial charge >= 0.3 is 0 Å². The Hall–Kier alpha value is -1.24. The van der Waals surface area contributed by atoms with Crippen molar-refractivity contribution in [2.75, 3.05) is 0 Å². The summed E-state index contributed by atoms with van der Waals surface area (Å²) in [7, 11) is 0. The molecule has 0 aromatic carbocycles. The van der Waals surface area contributed by atoms with E-state index < -0.39 is 0 Å². The molecule has 1 aliphatic carbocycles. The second kappa shape index (κ2) is 8.04. The molecule has 2 atom stereocenters. The Balaban J connectivity index is 2.85. The molecule has 0 aliphatic heterocycles. The standard InChI is InChI=1S/C15H24N2O2/c1-3-13(14(4-2)16-11-18)10-15(17-12-19)8-6-5-7-9-15/h13-14H,3-10H2,1-2H3. The van der Waals surface area contributed by atoms with Gasteiger partial charge in [0.05, 0.1) is 11.6 Å². The number of carbonyl (C=O) groups excluding carboxylic acids is 2. The summed E-state index contributed by atoms with van der Waals surface area (Å²) >= 11 is 0. The zero-order valence-electron chi connectivity index (χ0n) is 12.0. The molecule has 1 saturated carbocycles. The van der Waals surface area contributed by atoms with Crippen molar-refractivity contribution >= 4 is 12.2 Å². The Kier molecular flexibility index (Phi) is 6.69. The maximum Gasteiger partial charge on any atom is 0.235 e. The van der Waals surface area contributed by atoms with Crippen LogP contribution in [0.3, 0.4) is 0 Å². The average molecular weight is 264 g/mol. The lowest BCUT2D eigenvalue weighted by Gasteiger charge is -2.36. The summed E-state index contributed by atoms with van der Waals surface area (Å²) < 4.78 is 0. The Bertz CT molecular complexity index is 362. The zero-order chi connectivity index (χ0) is 14.1. The molecule has 0 spiro atoms. The fourth-order valence-corrected chi connectivity index (χ4v) is 3.31. The lowest BCUT2D eigenvalue weighted by atomic mass is 9.74. The molecular formula is C15H24N2O2. The van der Waals surface area contributed by atoms with Crippen LogP contribution in [0.4, 0.5) is 0 Å². The monoisotopic (exact) mass is 264 g/mol. The van der Waals surface area contributed by atoms with Crippen molar-refractivity contribution < 1.29 is 9.59 Å². The minimum absolute atomic E-state index is 0.00292. The lowest BCUT2D eigenvalue weighted by molar-refractivity contribution is 0.216. The zero-order valence-corrected chi connectivity index (χ0v) is 12.0. The maximum absolute atomic E-state index is 10.7. The SMILES string of the molecule is CCC(CC1(N=C=O)CCCCC1)C(CC)N=C=O. The highest BCUT2D eigenvalue weighted by Gasteiger charge is 2.36. The van der Waals surface area contributed by atoms with Crippen molar-refractivity contribution in [2.24, 2.45) is 15.9 Å². The van der Waals surface area contributed by atoms with Crippen LogP contribution >= 0.6 is 0 Å². The smallest absolute Gasteiger partial charge is 0.211 e. The van der Waals surface area contributed by atoms with E-state index in [9.17, 15) is 9.59 Å². The second-order valence-corrected chi connectivity index (χ2v) is 5.56. The van der Waals surface area contributed by atoms with E-state index in [0.717, 1.165) is 44.9 Å². The minimum atomic E-state index is -0.257. The molecule has 0 aromatic rings. The van der Waals surface area contributed by atoms with Crippen molar-refractivity contribution in [1.82, 2.24) is 0 Å². The van der Waals surface area contributed by atoms with E-state index in [4.69, 9.17) is 0 Å². The Morgan fingerprint density at radius 2 is 1.74 bits per heavy atom. The van der Waals surface area contributed by atoms with Crippen LogP contribution in [0.5, 0.6) is 0 Å². The van der Waals surface area contributed by atoms with Crippen LogP contribution in [-0.2, 0) is 9.59 Å². The van der Waals surface area contributed by atoms with Crippen molar-refractivity contribution in [3.05, 3.63) is 0 Å². The van der Waals surface area contributed by atoms with E-state index in [-0.39, 0.29) is 11.6 Å². The normalized spacial score (nSPS) is 20.7. The highest BCUT2D eigenvalue weighted by molar-refractivity contribution is 5.35. The molecule has 1 aliphatic rings. The molecule has 1 fully saturated rings. The van der Waals surface area contributed by atoms with Crippen LogP contribution in [0.25, 0.3) is 0 Å². The fraction of sp³-hybridized carbons (Fsp3) is 0.867. The first-order chi connectivity index (χ1) is 9.21. The minimum Gasteiger partial charge on any atom is -0.211 e. The fourth-order valence-electron chi connectivity index (χ4n) is 3.31. The summed E-state index contributed by atoms with van der Waals surface area (Å²) in [4.78, 5) is 29.3. The van der Waals surface area contributed by atoms with E-state index in [2.05, 4.69) is 16.9 Å². The van der Waals surface area contributed by atoms with Gasteiger partial charge in [0.15, 0.2) is 0 Å². The maximum atomic E-state index is 10.7. The van der Waals surface area contributed by atoms with E-state index >= 15 is 0 Å². The van der Waals surface area contributed by atoms with Gasteiger partial charge in [-0.15, -0.1) is 0 Å². The number of hydrogen-bond donors (Lipinski definition) is 0. The summed E-state index contributed by atoms with van der Waals surface area (Å²) in [6, 6.07) is 0.00292. The number of aliphatic imine (C=N–C) groups is 2. The van der Waals surface area contributed by atoms with Gasteiger partial charge in [-0.2, -0.15) is 4.99 Å². The molecule has 0 amide bonds. The van der Waals surface area contributed by atoms with Crippen molar-refractivity contribution in [2.45, 2.75) is 76.8 Å². The molecule has 0 N–H and O–H groups in total. The van der Waals surface area contributed by atoms with E-state index in [0.29, 0.717) is 5.92 Å². The van der Waals surface area contributed by atoms with Gasteiger partial charge in [0.1, 0.15) is 0 Å². The van der Waals surface area contributed by atoms with Gasteiger partial charge in [-0.05, 0) is 31.6 Å². The first-order valence-corrected chi connectivity index (χ1v) is 7.37. The predicted molar refractivity (Wildman–Crippen MR) is 74.5 cm³/mol. The highest BCUT2D eigenvalue weighted by Crippen LogP contribution is 2.39. The van der Waals surface area contributed by atoms with E-state index in [1.54, 1.807) is 12.2 Å². The Morgan fingerprint density at radius 3 is 2.21 bits per heavy atom. The number of nitrogens with zero attached hydrogens (tertiary/aromatic N) is 2. The molecule has 106 valence electrons. The van der Waals surface area contributed by atoms with Gasteiger partial charge in [0, 0.05) is 0 Å². The molecule has 0 saturated heterocycles. The van der Waals surface area contributed by atoms with Crippen molar-refractivity contribution in [3.63, 3.8) is 0 Å². The van der Waals surface area contributed by atoms with Crippen LogP contribution in [0, 0.1) is 5.92 Å². The third kappa shape index (κ3) is 4.41. The molecule has 4 nitrogen and oxygen atoms in total. The molecule has 1 rings (SSSR count). The number of rotatable bonds is 7. The van der Waals surface area contributed by atoms with Crippen molar-refractivity contribution in [3.8, 4) is 0 Å². The van der Waals surface area contributed by atoms with Gasteiger partial charge in [-0.25, -0.2) is 14.6 Å². The lowest BCUT2D eigenvalue weighted by Crippen LogP contribution is -2.35. The number of isocyanates is 2. The van der Waals surface area contributed by atoms with Crippen LogP contribution in [0.15, 0.2) is 9.98 Å². The summed E-state index contributed by atoms with van der Waals surface area (Å²) in [6.07, 6.45) is 11.4. The molecule has 4 heteroatoms. The van der Waals surface area contributed by atoms with Crippen LogP contribution < -0.4 is 0 Å². The highest BCUT2D eigenvalue weighted by atomic mass is 16.1. The summed E-state index contributed by atoms with van der Waals surface area (Å²) in [5, 5.41) is 0. The molecule has 2 unspecified atom stereocenters. The van der Waals surface area contributed by atoms with Gasteiger partial charge < -0.3 is 0 Å². The Labute approximate surface area is 115 Å². The van der Waals surface area contributed by atoms with Crippen molar-refractivity contribution in [1.29, 1.82) is 0 Å². The Morgan fingerprint density at radius 1 is 1.05 bits per heavy atom. The quantitative estimate of drug-likeness (QED) is 0.521. The molecule has 19 heavy (non-hydrogen) atoms. The summed E-state index contributed by atoms with van der Waals surface area (Å²) in [5.74, 6) is 0.293. The summed E-state index contributed by atoms with van der Waals surface area (Å²) in [5.41, 5.74) is -0.257. The molecular weight excluding hydrogens is 240 g/mol. The molecule has 0 radical (unpaired) electrons. The average Bonchev–Trinajstić information content (AvgIpc) is 2.44. The third-order valence-corrected chi connectivity index (χ3v) is 4.41. The largest absolute Gasteiger partial charge is 0.235 e. The molecule has 0 aromatic heterocycles. The van der Waals surface area contributed by atoms with Gasteiger partial charge in [-0.1, -0.05) is 39.5 Å². The van der Waals surface area contributed by atoms with Gasteiger partial charge in [0.25, 0.3) is 0 Å². The second-order valence-electron chi connectivity index (χ2n) is 5.56. The first-order valence-electron chi connectivity index (χ1n) is 7.37. The van der Waals surface area contributed by atoms with E-state index in [1.807, 2.05) is 6.92 Å². The molecule has 0 bridgehead atoms. The first kappa shape index (κ1) is 15.8. The number of hydrogen-bond acceptors (Lipinski definition) is 4.